The molecule has 5 nitrogen and oxygen atoms in total. The van der Waals surface area contributed by atoms with Gasteiger partial charge in [-0.1, -0.05) is 29.8 Å². The van der Waals surface area contributed by atoms with Crippen LogP contribution in [0, 0.1) is 6.92 Å². The van der Waals surface area contributed by atoms with Crippen molar-refractivity contribution in [2.75, 3.05) is 5.32 Å². The molecule has 0 atom stereocenters. The Balaban J connectivity index is 1.72. The summed E-state index contributed by atoms with van der Waals surface area (Å²) in [6.45, 7) is 2.27. The lowest BCUT2D eigenvalue weighted by atomic mass is 10.1. The Morgan fingerprint density at radius 1 is 1.00 bits per heavy atom. The third-order valence-corrected chi connectivity index (χ3v) is 4.06. The first kappa shape index (κ1) is 20.2. The molecule has 0 aliphatic heterocycles. The number of ether oxygens (including phenoxy) is 1. The minimum absolute atomic E-state index is 0.243. The number of aryl methyl sites for hydroxylation is 1. The Morgan fingerprint density at radius 3 is 2.28 bits per heavy atom. The van der Waals surface area contributed by atoms with Gasteiger partial charge in [0, 0.05) is 18.0 Å². The summed E-state index contributed by atoms with van der Waals surface area (Å²) in [6, 6.07) is 15.1. The van der Waals surface area contributed by atoms with Crippen molar-refractivity contribution < 1.29 is 22.7 Å². The summed E-state index contributed by atoms with van der Waals surface area (Å²) in [4.78, 5) is 24.6. The molecule has 3 rings (SSSR count). The summed E-state index contributed by atoms with van der Waals surface area (Å²) in [5, 5.41) is 2.58. The van der Waals surface area contributed by atoms with Crippen LogP contribution in [0.4, 0.5) is 18.9 Å². The number of benzene rings is 2. The first-order chi connectivity index (χ1) is 13.7. The molecule has 0 aliphatic carbocycles. The molecule has 0 bridgehead atoms. The van der Waals surface area contributed by atoms with Crippen molar-refractivity contribution in [1.82, 2.24) is 4.57 Å². The monoisotopic (exact) mass is 402 g/mol. The second-order valence-corrected chi connectivity index (χ2v) is 6.40. The maximum Gasteiger partial charge on any atom is 0.573 e. The van der Waals surface area contributed by atoms with Gasteiger partial charge in [0.2, 0.25) is 0 Å². The summed E-state index contributed by atoms with van der Waals surface area (Å²) >= 11 is 0. The Bertz CT molecular complexity index is 1060. The van der Waals surface area contributed by atoms with E-state index in [0.29, 0.717) is 12.2 Å². The number of hydrogen-bond donors (Lipinski definition) is 1. The van der Waals surface area contributed by atoms with Gasteiger partial charge in [-0.25, -0.2) is 0 Å². The van der Waals surface area contributed by atoms with Crippen LogP contribution in [0.1, 0.15) is 21.5 Å². The zero-order chi connectivity index (χ0) is 21.0. The SMILES string of the molecule is Cc1ccc(Cn2cc(C(=O)Nc3ccc(OC(F)(F)F)cc3)ccc2=O)cc1. The van der Waals surface area contributed by atoms with Gasteiger partial charge in [0.15, 0.2) is 0 Å². The molecule has 1 aromatic heterocycles. The van der Waals surface area contributed by atoms with E-state index in [-0.39, 0.29) is 16.9 Å². The van der Waals surface area contributed by atoms with Gasteiger partial charge in [0.05, 0.1) is 12.1 Å². The number of anilines is 1. The quantitative estimate of drug-likeness (QED) is 0.690. The molecule has 29 heavy (non-hydrogen) atoms. The van der Waals surface area contributed by atoms with E-state index in [1.165, 1.54) is 35.0 Å². The zero-order valence-electron chi connectivity index (χ0n) is 15.4. The Kier molecular flexibility index (Phi) is 5.72. The van der Waals surface area contributed by atoms with E-state index in [1.807, 2.05) is 31.2 Å². The maximum absolute atomic E-state index is 12.5. The number of pyridine rings is 1. The Hall–Kier alpha value is -3.55. The van der Waals surface area contributed by atoms with Crippen LogP contribution >= 0.6 is 0 Å². The van der Waals surface area contributed by atoms with Gasteiger partial charge in [0.25, 0.3) is 11.5 Å². The number of aromatic nitrogens is 1. The van der Waals surface area contributed by atoms with Crippen LogP contribution in [0.2, 0.25) is 0 Å². The van der Waals surface area contributed by atoms with E-state index in [2.05, 4.69) is 10.1 Å². The summed E-state index contributed by atoms with van der Waals surface area (Å²) in [5.41, 5.74) is 2.29. The average molecular weight is 402 g/mol. The predicted molar refractivity (Wildman–Crippen MR) is 102 cm³/mol. The standard InChI is InChI=1S/C21H17F3N2O3/c1-14-2-4-15(5-3-14)12-26-13-16(6-11-19(26)27)20(28)25-17-7-9-18(10-8-17)29-21(22,23)24/h2-11,13H,12H2,1H3,(H,25,28). The zero-order valence-corrected chi connectivity index (χ0v) is 15.4. The number of carbonyl (C=O) groups is 1. The Morgan fingerprint density at radius 2 is 1.66 bits per heavy atom. The third kappa shape index (κ3) is 5.71. The highest BCUT2D eigenvalue weighted by Crippen LogP contribution is 2.24. The van der Waals surface area contributed by atoms with E-state index in [0.717, 1.165) is 23.3 Å². The van der Waals surface area contributed by atoms with Crippen molar-refractivity contribution >= 4 is 11.6 Å². The lowest BCUT2D eigenvalue weighted by molar-refractivity contribution is -0.274. The summed E-state index contributed by atoms with van der Waals surface area (Å²) in [6.07, 6.45) is -3.34. The molecule has 1 N–H and O–H groups in total. The van der Waals surface area contributed by atoms with Crippen LogP contribution in [-0.2, 0) is 6.54 Å². The molecular weight excluding hydrogens is 385 g/mol. The molecular formula is C21H17F3N2O3. The topological polar surface area (TPSA) is 60.3 Å². The van der Waals surface area contributed by atoms with Gasteiger partial charge in [-0.15, -0.1) is 13.2 Å². The highest BCUT2D eigenvalue weighted by atomic mass is 19.4. The molecule has 0 aliphatic rings. The lowest BCUT2D eigenvalue weighted by Crippen LogP contribution is -2.22. The molecule has 1 heterocycles. The first-order valence-corrected chi connectivity index (χ1v) is 8.63. The van der Waals surface area contributed by atoms with Gasteiger partial charge in [-0.3, -0.25) is 9.59 Å². The van der Waals surface area contributed by atoms with Crippen molar-refractivity contribution in [3.8, 4) is 5.75 Å². The number of carbonyl (C=O) groups excluding carboxylic acids is 1. The first-order valence-electron chi connectivity index (χ1n) is 8.63. The fourth-order valence-corrected chi connectivity index (χ4v) is 2.62. The maximum atomic E-state index is 12.5. The molecule has 0 unspecified atom stereocenters. The molecule has 0 fully saturated rings. The van der Waals surface area contributed by atoms with E-state index in [4.69, 9.17) is 0 Å². The summed E-state index contributed by atoms with van der Waals surface area (Å²) < 4.78 is 41.8. The van der Waals surface area contributed by atoms with Crippen molar-refractivity contribution in [2.45, 2.75) is 19.8 Å². The second-order valence-electron chi connectivity index (χ2n) is 6.40. The van der Waals surface area contributed by atoms with Crippen LogP contribution in [0.25, 0.3) is 0 Å². The minimum Gasteiger partial charge on any atom is -0.406 e. The van der Waals surface area contributed by atoms with Crippen LogP contribution in [0.5, 0.6) is 5.75 Å². The number of amides is 1. The molecule has 0 saturated heterocycles. The third-order valence-electron chi connectivity index (χ3n) is 4.06. The molecule has 3 aromatic rings. The van der Waals surface area contributed by atoms with E-state index in [9.17, 15) is 22.8 Å². The fourth-order valence-electron chi connectivity index (χ4n) is 2.62. The van der Waals surface area contributed by atoms with Gasteiger partial charge >= 0.3 is 6.36 Å². The number of halogens is 3. The molecule has 8 heteroatoms. The molecule has 0 spiro atoms. The van der Waals surface area contributed by atoms with Gasteiger partial charge in [-0.05, 0) is 42.8 Å². The predicted octanol–water partition coefficient (Wildman–Crippen LogP) is 4.36. The van der Waals surface area contributed by atoms with Gasteiger partial charge in [-0.2, -0.15) is 0 Å². The summed E-state index contributed by atoms with van der Waals surface area (Å²) in [5.74, 6) is -0.880. The van der Waals surface area contributed by atoms with Gasteiger partial charge in [0.1, 0.15) is 5.75 Å². The van der Waals surface area contributed by atoms with Crippen molar-refractivity contribution in [2.24, 2.45) is 0 Å². The van der Waals surface area contributed by atoms with Crippen LogP contribution in [-0.4, -0.2) is 16.8 Å². The second kappa shape index (κ2) is 8.22. The fraction of sp³-hybridized carbons (Fsp3) is 0.143. The number of rotatable bonds is 5. The smallest absolute Gasteiger partial charge is 0.406 e. The van der Waals surface area contributed by atoms with E-state index in [1.54, 1.807) is 0 Å². The molecule has 0 saturated carbocycles. The molecule has 0 radical (unpaired) electrons. The summed E-state index contributed by atoms with van der Waals surface area (Å²) in [7, 11) is 0. The van der Waals surface area contributed by atoms with Crippen LogP contribution < -0.4 is 15.6 Å². The normalized spacial score (nSPS) is 11.2. The highest BCUT2D eigenvalue weighted by Gasteiger charge is 2.30. The largest absolute Gasteiger partial charge is 0.573 e. The van der Waals surface area contributed by atoms with Crippen molar-refractivity contribution in [3.63, 3.8) is 0 Å². The van der Waals surface area contributed by atoms with Crippen molar-refractivity contribution in [3.05, 3.63) is 93.9 Å². The van der Waals surface area contributed by atoms with E-state index < -0.39 is 12.3 Å². The van der Waals surface area contributed by atoms with Crippen molar-refractivity contribution in [1.29, 1.82) is 0 Å². The number of nitrogens with zero attached hydrogens (tertiary/aromatic N) is 1. The highest BCUT2D eigenvalue weighted by molar-refractivity contribution is 6.04. The number of alkyl halides is 3. The average Bonchev–Trinajstić information content (AvgIpc) is 2.65. The van der Waals surface area contributed by atoms with E-state index >= 15 is 0 Å². The molecule has 1 amide bonds. The van der Waals surface area contributed by atoms with Crippen LogP contribution in [0.3, 0.4) is 0 Å². The Labute approximate surface area is 164 Å². The van der Waals surface area contributed by atoms with Crippen LogP contribution in [0.15, 0.2) is 71.7 Å². The number of hydrogen-bond acceptors (Lipinski definition) is 3. The van der Waals surface area contributed by atoms with Gasteiger partial charge < -0.3 is 14.6 Å². The number of nitrogens with one attached hydrogen (secondary N) is 1. The molecule has 150 valence electrons. The lowest BCUT2D eigenvalue weighted by Gasteiger charge is -2.11. The molecule has 2 aromatic carbocycles. The minimum atomic E-state index is -4.78.